The lowest BCUT2D eigenvalue weighted by Crippen LogP contribution is -2.44. The fourth-order valence-corrected chi connectivity index (χ4v) is 3.80. The maximum atomic E-state index is 9.95. The van der Waals surface area contributed by atoms with Crippen molar-refractivity contribution in [3.05, 3.63) is 35.4 Å². The molecule has 0 unspecified atom stereocenters. The molecule has 1 aromatic rings. The van der Waals surface area contributed by atoms with Crippen LogP contribution in [0.3, 0.4) is 0 Å². The van der Waals surface area contributed by atoms with Crippen LogP contribution in [0.1, 0.15) is 17.5 Å². The molecule has 17 heavy (non-hydrogen) atoms. The molecule has 0 radical (unpaired) electrons. The monoisotopic (exact) mass is 232 g/mol. The fraction of sp³-hybridized carbons (Fsp3) is 0.571. The molecule has 3 aliphatic rings. The van der Waals surface area contributed by atoms with Gasteiger partial charge >= 0.3 is 0 Å². The Morgan fingerprint density at radius 2 is 1.88 bits per heavy atom. The third-order valence-electron chi connectivity index (χ3n) is 4.49. The SMILES string of the molecule is O[C@H]1OC[C@@H]2CC3(Cc4ccccc4C3)[C@H]1O2. The Hall–Kier alpha value is -0.900. The second-order valence-electron chi connectivity index (χ2n) is 5.59. The number of hydrogen-bond acceptors (Lipinski definition) is 3. The summed E-state index contributed by atoms with van der Waals surface area (Å²) in [5.74, 6) is 0. The standard InChI is InChI=1S/C14H16O3/c15-13-12-14(7-11(17-12)8-16-13)5-9-3-1-2-4-10(9)6-14/h1-4,11-13,15H,5-8H2/t11-,12-,13-/m0/s1. The van der Waals surface area contributed by atoms with Crippen molar-refractivity contribution in [3.63, 3.8) is 0 Å². The number of hydrogen-bond donors (Lipinski definition) is 1. The first kappa shape index (κ1) is 10.1. The Morgan fingerprint density at radius 3 is 2.59 bits per heavy atom. The highest BCUT2D eigenvalue weighted by atomic mass is 16.7. The van der Waals surface area contributed by atoms with Crippen molar-refractivity contribution in [1.82, 2.24) is 0 Å². The van der Waals surface area contributed by atoms with E-state index in [0.29, 0.717) is 6.61 Å². The highest BCUT2D eigenvalue weighted by Gasteiger charge is 2.56. The van der Waals surface area contributed by atoms with Gasteiger partial charge in [0.05, 0.1) is 12.7 Å². The molecule has 90 valence electrons. The minimum atomic E-state index is -0.747. The van der Waals surface area contributed by atoms with Crippen LogP contribution in [0.15, 0.2) is 24.3 Å². The molecule has 3 atom stereocenters. The smallest absolute Gasteiger partial charge is 0.181 e. The van der Waals surface area contributed by atoms with E-state index in [2.05, 4.69) is 24.3 Å². The zero-order valence-corrected chi connectivity index (χ0v) is 9.63. The van der Waals surface area contributed by atoms with E-state index >= 15 is 0 Å². The van der Waals surface area contributed by atoms with Crippen LogP contribution in [0.25, 0.3) is 0 Å². The van der Waals surface area contributed by atoms with Gasteiger partial charge in [-0.25, -0.2) is 0 Å². The van der Waals surface area contributed by atoms with Gasteiger partial charge in [0.25, 0.3) is 0 Å². The maximum Gasteiger partial charge on any atom is 0.181 e. The summed E-state index contributed by atoms with van der Waals surface area (Å²) >= 11 is 0. The van der Waals surface area contributed by atoms with Gasteiger partial charge in [-0.15, -0.1) is 0 Å². The Labute approximate surface area is 100 Å². The van der Waals surface area contributed by atoms with Crippen LogP contribution in [0.4, 0.5) is 0 Å². The third-order valence-corrected chi connectivity index (χ3v) is 4.49. The van der Waals surface area contributed by atoms with Crippen LogP contribution in [0.2, 0.25) is 0 Å². The van der Waals surface area contributed by atoms with E-state index in [9.17, 15) is 5.11 Å². The fourth-order valence-electron chi connectivity index (χ4n) is 3.80. The maximum absolute atomic E-state index is 9.95. The van der Waals surface area contributed by atoms with E-state index in [1.165, 1.54) is 11.1 Å². The number of benzene rings is 1. The molecule has 4 rings (SSSR count). The number of aliphatic hydroxyl groups excluding tert-OH is 1. The summed E-state index contributed by atoms with van der Waals surface area (Å²) in [6.07, 6.45) is 2.34. The van der Waals surface area contributed by atoms with E-state index in [1.807, 2.05) is 0 Å². The van der Waals surface area contributed by atoms with Gasteiger partial charge in [-0.1, -0.05) is 24.3 Å². The summed E-state index contributed by atoms with van der Waals surface area (Å²) in [5, 5.41) is 9.95. The van der Waals surface area contributed by atoms with E-state index in [4.69, 9.17) is 9.47 Å². The van der Waals surface area contributed by atoms with Gasteiger partial charge in [-0.05, 0) is 30.4 Å². The Morgan fingerprint density at radius 1 is 1.18 bits per heavy atom. The lowest BCUT2D eigenvalue weighted by Gasteiger charge is -2.33. The van der Waals surface area contributed by atoms with Crippen molar-refractivity contribution in [3.8, 4) is 0 Å². The lowest BCUT2D eigenvalue weighted by atomic mass is 9.77. The molecule has 0 saturated carbocycles. The molecular formula is C14H16O3. The zero-order chi connectivity index (χ0) is 11.5. The Bertz CT molecular complexity index is 432. The molecule has 1 aliphatic carbocycles. The predicted molar refractivity (Wildman–Crippen MR) is 61.5 cm³/mol. The molecular weight excluding hydrogens is 216 g/mol. The van der Waals surface area contributed by atoms with Gasteiger partial charge in [0.2, 0.25) is 0 Å². The first-order valence-corrected chi connectivity index (χ1v) is 6.29. The van der Waals surface area contributed by atoms with Crippen LogP contribution in [0.5, 0.6) is 0 Å². The molecule has 1 aromatic carbocycles. The van der Waals surface area contributed by atoms with E-state index in [1.54, 1.807) is 0 Å². The van der Waals surface area contributed by atoms with Crippen LogP contribution < -0.4 is 0 Å². The quantitative estimate of drug-likeness (QED) is 0.732. The molecule has 2 aliphatic heterocycles. The van der Waals surface area contributed by atoms with Crippen LogP contribution in [-0.2, 0) is 22.3 Å². The molecule has 3 nitrogen and oxygen atoms in total. The highest BCUT2D eigenvalue weighted by Crippen LogP contribution is 2.51. The molecule has 2 heterocycles. The Balaban J connectivity index is 1.72. The van der Waals surface area contributed by atoms with Crippen molar-refractivity contribution in [2.75, 3.05) is 6.61 Å². The van der Waals surface area contributed by atoms with Crippen molar-refractivity contribution in [2.45, 2.75) is 37.8 Å². The second-order valence-corrected chi connectivity index (χ2v) is 5.59. The van der Waals surface area contributed by atoms with Crippen molar-refractivity contribution < 1.29 is 14.6 Å². The van der Waals surface area contributed by atoms with Crippen LogP contribution in [-0.4, -0.2) is 30.2 Å². The van der Waals surface area contributed by atoms with Gasteiger partial charge in [0.15, 0.2) is 6.29 Å². The van der Waals surface area contributed by atoms with Crippen molar-refractivity contribution in [1.29, 1.82) is 0 Å². The minimum absolute atomic E-state index is 0.0737. The molecule has 2 bridgehead atoms. The van der Waals surface area contributed by atoms with Crippen LogP contribution in [0, 0.1) is 5.41 Å². The van der Waals surface area contributed by atoms with Gasteiger partial charge in [-0.3, -0.25) is 0 Å². The summed E-state index contributed by atoms with van der Waals surface area (Å²) in [4.78, 5) is 0. The largest absolute Gasteiger partial charge is 0.367 e. The van der Waals surface area contributed by atoms with Crippen LogP contribution >= 0.6 is 0 Å². The first-order chi connectivity index (χ1) is 8.27. The average Bonchev–Trinajstić information content (AvgIpc) is 2.83. The van der Waals surface area contributed by atoms with Gasteiger partial charge in [-0.2, -0.15) is 0 Å². The second kappa shape index (κ2) is 3.31. The Kier molecular flexibility index (Phi) is 1.96. The number of fused-ring (bicyclic) bond motifs is 4. The van der Waals surface area contributed by atoms with Gasteiger partial charge < -0.3 is 14.6 Å². The summed E-state index contributed by atoms with van der Waals surface area (Å²) in [6, 6.07) is 8.57. The highest BCUT2D eigenvalue weighted by molar-refractivity contribution is 5.36. The molecule has 2 fully saturated rings. The summed E-state index contributed by atoms with van der Waals surface area (Å²) in [6.45, 7) is 0.537. The third kappa shape index (κ3) is 1.33. The zero-order valence-electron chi connectivity index (χ0n) is 9.63. The first-order valence-electron chi connectivity index (χ1n) is 6.29. The van der Waals surface area contributed by atoms with Crippen molar-refractivity contribution >= 4 is 0 Å². The molecule has 0 amide bonds. The summed E-state index contributed by atoms with van der Waals surface area (Å²) < 4.78 is 11.3. The molecule has 3 heteroatoms. The molecule has 2 saturated heterocycles. The van der Waals surface area contributed by atoms with E-state index in [0.717, 1.165) is 19.3 Å². The summed E-state index contributed by atoms with van der Waals surface area (Å²) in [7, 11) is 0. The van der Waals surface area contributed by atoms with Crippen molar-refractivity contribution in [2.24, 2.45) is 5.41 Å². The number of rotatable bonds is 0. The topological polar surface area (TPSA) is 38.7 Å². The lowest BCUT2D eigenvalue weighted by molar-refractivity contribution is -0.241. The molecule has 1 N–H and O–H groups in total. The molecule has 0 aromatic heterocycles. The number of aliphatic hydroxyl groups is 1. The summed E-state index contributed by atoms with van der Waals surface area (Å²) in [5.41, 5.74) is 2.90. The number of ether oxygens (including phenoxy) is 2. The van der Waals surface area contributed by atoms with Gasteiger partial charge in [0, 0.05) is 5.41 Å². The van der Waals surface area contributed by atoms with E-state index in [-0.39, 0.29) is 17.6 Å². The minimum Gasteiger partial charge on any atom is -0.367 e. The normalized spacial score (nSPS) is 37.4. The van der Waals surface area contributed by atoms with E-state index < -0.39 is 6.29 Å². The molecule has 1 spiro atoms. The predicted octanol–water partition coefficient (Wildman–Crippen LogP) is 1.28. The average molecular weight is 232 g/mol. The van der Waals surface area contributed by atoms with Gasteiger partial charge in [0.1, 0.15) is 6.10 Å².